The molecule has 0 aromatic heterocycles. The molecule has 0 saturated carbocycles. The van der Waals surface area contributed by atoms with E-state index in [9.17, 15) is 8.78 Å². The fraction of sp³-hybridized carbons (Fsp3) is 0.333. The first-order chi connectivity index (χ1) is 10.1. The van der Waals surface area contributed by atoms with Crippen molar-refractivity contribution in [3.8, 4) is 0 Å². The Labute approximate surface area is 125 Å². The first kappa shape index (κ1) is 15.6. The highest BCUT2D eigenvalue weighted by atomic mass is 19.2. The number of hydrogen-bond donors (Lipinski definition) is 1. The third kappa shape index (κ3) is 4.36. The molecule has 1 N–H and O–H groups in total. The van der Waals surface area contributed by atoms with Gasteiger partial charge in [-0.1, -0.05) is 42.0 Å². The van der Waals surface area contributed by atoms with Crippen molar-refractivity contribution < 1.29 is 8.78 Å². The van der Waals surface area contributed by atoms with E-state index in [1.165, 1.54) is 11.1 Å². The van der Waals surface area contributed by atoms with E-state index in [1.807, 2.05) is 13.1 Å². The van der Waals surface area contributed by atoms with Crippen molar-refractivity contribution in [1.29, 1.82) is 0 Å². The molecule has 0 amide bonds. The van der Waals surface area contributed by atoms with Crippen LogP contribution in [0.3, 0.4) is 0 Å². The second kappa shape index (κ2) is 7.32. The molecule has 112 valence electrons. The zero-order valence-electron chi connectivity index (χ0n) is 12.5. The van der Waals surface area contributed by atoms with Crippen LogP contribution in [0.2, 0.25) is 0 Å². The maximum absolute atomic E-state index is 13.8. The van der Waals surface area contributed by atoms with Crippen LogP contribution in [0.15, 0.2) is 42.5 Å². The standard InChI is InChI=1S/C18H21F2N/c1-13-5-3-6-14(9-13)10-15(12-21-2)11-16-7-4-8-17(19)18(16)20/h3-9,15,21H,10-12H2,1-2H3. The van der Waals surface area contributed by atoms with Crippen LogP contribution >= 0.6 is 0 Å². The molecular weight excluding hydrogens is 268 g/mol. The fourth-order valence-corrected chi connectivity index (χ4v) is 2.69. The summed E-state index contributed by atoms with van der Waals surface area (Å²) in [7, 11) is 1.88. The van der Waals surface area contributed by atoms with Crippen molar-refractivity contribution in [2.45, 2.75) is 19.8 Å². The Morgan fingerprint density at radius 1 is 1.05 bits per heavy atom. The van der Waals surface area contributed by atoms with E-state index in [0.717, 1.165) is 19.0 Å². The molecule has 0 heterocycles. The SMILES string of the molecule is CNCC(Cc1cccc(C)c1)Cc1cccc(F)c1F. The zero-order valence-corrected chi connectivity index (χ0v) is 12.5. The van der Waals surface area contributed by atoms with E-state index >= 15 is 0 Å². The summed E-state index contributed by atoms with van der Waals surface area (Å²) in [4.78, 5) is 0. The molecule has 21 heavy (non-hydrogen) atoms. The zero-order chi connectivity index (χ0) is 15.2. The topological polar surface area (TPSA) is 12.0 Å². The average molecular weight is 289 g/mol. The number of benzene rings is 2. The summed E-state index contributed by atoms with van der Waals surface area (Å²) in [6.45, 7) is 2.83. The molecule has 0 aliphatic carbocycles. The highest BCUT2D eigenvalue weighted by Gasteiger charge is 2.15. The lowest BCUT2D eigenvalue weighted by molar-refractivity contribution is 0.459. The molecule has 0 aliphatic rings. The van der Waals surface area contributed by atoms with Crippen LogP contribution in [-0.2, 0) is 12.8 Å². The summed E-state index contributed by atoms with van der Waals surface area (Å²) in [6.07, 6.45) is 1.37. The molecule has 1 atom stereocenters. The lowest BCUT2D eigenvalue weighted by Gasteiger charge is -2.17. The van der Waals surface area contributed by atoms with Crippen LogP contribution in [-0.4, -0.2) is 13.6 Å². The quantitative estimate of drug-likeness (QED) is 0.850. The Morgan fingerprint density at radius 3 is 2.52 bits per heavy atom. The molecule has 3 heteroatoms. The first-order valence-electron chi connectivity index (χ1n) is 7.23. The molecule has 0 radical (unpaired) electrons. The Hall–Kier alpha value is -1.74. The van der Waals surface area contributed by atoms with Gasteiger partial charge in [-0.2, -0.15) is 0 Å². The molecule has 0 fully saturated rings. The number of nitrogens with one attached hydrogen (secondary N) is 1. The first-order valence-corrected chi connectivity index (χ1v) is 7.23. The second-order valence-corrected chi connectivity index (χ2v) is 5.53. The molecule has 1 unspecified atom stereocenters. The highest BCUT2D eigenvalue weighted by Crippen LogP contribution is 2.19. The van der Waals surface area contributed by atoms with Gasteiger partial charge in [-0.3, -0.25) is 0 Å². The molecule has 0 aliphatic heterocycles. The van der Waals surface area contributed by atoms with Gasteiger partial charge in [0.05, 0.1) is 0 Å². The second-order valence-electron chi connectivity index (χ2n) is 5.53. The van der Waals surface area contributed by atoms with Crippen molar-refractivity contribution in [2.75, 3.05) is 13.6 Å². The van der Waals surface area contributed by atoms with E-state index in [0.29, 0.717) is 12.0 Å². The maximum Gasteiger partial charge on any atom is 0.162 e. The Balaban J connectivity index is 2.13. The summed E-state index contributed by atoms with van der Waals surface area (Å²) >= 11 is 0. The minimum absolute atomic E-state index is 0.230. The van der Waals surface area contributed by atoms with Gasteiger partial charge in [-0.15, -0.1) is 0 Å². The molecule has 2 rings (SSSR count). The van der Waals surface area contributed by atoms with Gasteiger partial charge in [-0.05, 0) is 56.5 Å². The van der Waals surface area contributed by atoms with Crippen LogP contribution < -0.4 is 5.32 Å². The minimum atomic E-state index is -0.772. The number of halogens is 2. The van der Waals surface area contributed by atoms with E-state index in [4.69, 9.17) is 0 Å². The number of rotatable bonds is 6. The molecule has 1 nitrogen and oxygen atoms in total. The van der Waals surface area contributed by atoms with E-state index < -0.39 is 11.6 Å². The van der Waals surface area contributed by atoms with Crippen LogP contribution in [0.5, 0.6) is 0 Å². The summed E-state index contributed by atoms with van der Waals surface area (Å²) in [5.41, 5.74) is 2.89. The number of aryl methyl sites for hydroxylation is 1. The molecular formula is C18H21F2N. The predicted octanol–water partition coefficient (Wildman–Crippen LogP) is 3.89. The van der Waals surface area contributed by atoms with E-state index in [2.05, 4.69) is 30.4 Å². The van der Waals surface area contributed by atoms with Gasteiger partial charge in [0, 0.05) is 0 Å². The summed E-state index contributed by atoms with van der Waals surface area (Å²) < 4.78 is 27.1. The molecule has 0 bridgehead atoms. The Kier molecular flexibility index (Phi) is 5.45. The summed E-state index contributed by atoms with van der Waals surface area (Å²) in [5.74, 6) is -1.26. The van der Waals surface area contributed by atoms with Gasteiger partial charge in [0.15, 0.2) is 11.6 Å². The highest BCUT2D eigenvalue weighted by molar-refractivity contribution is 5.24. The van der Waals surface area contributed by atoms with Crippen molar-refractivity contribution in [3.05, 3.63) is 70.8 Å². The third-order valence-corrected chi connectivity index (χ3v) is 3.64. The van der Waals surface area contributed by atoms with Gasteiger partial charge in [0.25, 0.3) is 0 Å². The minimum Gasteiger partial charge on any atom is -0.319 e. The normalized spacial score (nSPS) is 12.4. The van der Waals surface area contributed by atoms with Gasteiger partial charge < -0.3 is 5.32 Å². The molecule has 0 saturated heterocycles. The smallest absolute Gasteiger partial charge is 0.162 e. The lowest BCUT2D eigenvalue weighted by Crippen LogP contribution is -2.23. The van der Waals surface area contributed by atoms with Crippen molar-refractivity contribution in [2.24, 2.45) is 5.92 Å². The lowest BCUT2D eigenvalue weighted by atomic mass is 9.91. The van der Waals surface area contributed by atoms with Gasteiger partial charge in [-0.25, -0.2) is 8.78 Å². The van der Waals surface area contributed by atoms with Gasteiger partial charge in [0.2, 0.25) is 0 Å². The van der Waals surface area contributed by atoms with Gasteiger partial charge >= 0.3 is 0 Å². The van der Waals surface area contributed by atoms with E-state index in [1.54, 1.807) is 12.1 Å². The Morgan fingerprint density at radius 2 is 1.81 bits per heavy atom. The molecule has 0 spiro atoms. The monoisotopic (exact) mass is 289 g/mol. The van der Waals surface area contributed by atoms with Crippen molar-refractivity contribution >= 4 is 0 Å². The number of hydrogen-bond acceptors (Lipinski definition) is 1. The van der Waals surface area contributed by atoms with Crippen LogP contribution in [0.4, 0.5) is 8.78 Å². The fourth-order valence-electron chi connectivity index (χ4n) is 2.69. The molecule has 2 aromatic carbocycles. The molecule has 2 aromatic rings. The van der Waals surface area contributed by atoms with Crippen molar-refractivity contribution in [1.82, 2.24) is 5.32 Å². The van der Waals surface area contributed by atoms with Crippen molar-refractivity contribution in [3.63, 3.8) is 0 Å². The Bertz CT molecular complexity index is 596. The average Bonchev–Trinajstić information content (AvgIpc) is 2.44. The third-order valence-electron chi connectivity index (χ3n) is 3.64. The van der Waals surface area contributed by atoms with Crippen LogP contribution in [0, 0.1) is 24.5 Å². The van der Waals surface area contributed by atoms with Gasteiger partial charge in [0.1, 0.15) is 0 Å². The summed E-state index contributed by atoms with van der Waals surface area (Å²) in [6, 6.07) is 12.7. The van der Waals surface area contributed by atoms with Crippen LogP contribution in [0.1, 0.15) is 16.7 Å². The summed E-state index contributed by atoms with van der Waals surface area (Å²) in [5, 5.41) is 3.14. The van der Waals surface area contributed by atoms with Crippen LogP contribution in [0.25, 0.3) is 0 Å². The largest absolute Gasteiger partial charge is 0.319 e. The maximum atomic E-state index is 13.8. The van der Waals surface area contributed by atoms with E-state index in [-0.39, 0.29) is 5.92 Å². The predicted molar refractivity (Wildman–Crippen MR) is 82.4 cm³/mol.